The van der Waals surface area contributed by atoms with Crippen LogP contribution in [0.5, 0.6) is 0 Å². The lowest BCUT2D eigenvalue weighted by Crippen LogP contribution is -2.29. The molecule has 2 aromatic heterocycles. The second kappa shape index (κ2) is 9.83. The number of para-hydroxylation sites is 1. The Morgan fingerprint density at radius 3 is 2.47 bits per heavy atom. The number of nitrogens with zero attached hydrogens (tertiary/aromatic N) is 3. The summed E-state index contributed by atoms with van der Waals surface area (Å²) in [5.41, 5.74) is 10.9. The van der Waals surface area contributed by atoms with E-state index >= 15 is 0 Å². The van der Waals surface area contributed by atoms with Gasteiger partial charge in [-0.2, -0.15) is 0 Å². The van der Waals surface area contributed by atoms with Crippen molar-refractivity contribution in [2.75, 3.05) is 4.90 Å². The predicted molar refractivity (Wildman–Crippen MR) is 156 cm³/mol. The average molecular weight is 560 g/mol. The molecule has 1 aliphatic rings. The lowest BCUT2D eigenvalue weighted by Gasteiger charge is -2.29. The number of thiocarbonyl (C=S) groups is 1. The molecule has 3 heterocycles. The first-order valence-corrected chi connectivity index (χ1v) is 13.6. The maximum atomic E-state index is 5.96. The van der Waals surface area contributed by atoms with E-state index in [-0.39, 0.29) is 12.1 Å². The Morgan fingerprint density at radius 1 is 0.972 bits per heavy atom. The number of hydrogen-bond donors (Lipinski definition) is 1. The number of anilines is 1. The van der Waals surface area contributed by atoms with Gasteiger partial charge in [0.05, 0.1) is 23.5 Å². The number of benzene rings is 2. The molecule has 1 N–H and O–H groups in total. The van der Waals surface area contributed by atoms with Crippen LogP contribution in [0.4, 0.5) is 5.69 Å². The maximum Gasteiger partial charge on any atom is 0.174 e. The van der Waals surface area contributed by atoms with E-state index in [1.54, 1.807) is 0 Å². The molecule has 5 rings (SSSR count). The molecule has 0 radical (unpaired) electrons. The Bertz CT molecular complexity index is 1440. The van der Waals surface area contributed by atoms with Crippen LogP contribution in [0.1, 0.15) is 58.3 Å². The average Bonchev–Trinajstić information content (AvgIpc) is 3.36. The second-order valence-electron chi connectivity index (χ2n) is 9.53. The fourth-order valence-corrected chi connectivity index (χ4v) is 6.08. The van der Waals surface area contributed by atoms with Crippen LogP contribution in [0, 0.1) is 27.7 Å². The minimum Gasteiger partial charge on any atom is -0.351 e. The van der Waals surface area contributed by atoms with E-state index < -0.39 is 0 Å². The maximum absolute atomic E-state index is 5.96. The summed E-state index contributed by atoms with van der Waals surface area (Å²) in [6.45, 7) is 11.0. The molecule has 184 valence electrons. The van der Waals surface area contributed by atoms with Gasteiger partial charge in [-0.15, -0.1) is 0 Å². The molecule has 0 amide bonds. The molecule has 1 saturated heterocycles. The molecule has 0 aliphatic carbocycles. The summed E-state index contributed by atoms with van der Waals surface area (Å²) in [4.78, 5) is 6.99. The third-order valence-electron chi connectivity index (χ3n) is 7.23. The zero-order chi connectivity index (χ0) is 25.6. The molecule has 2 aromatic carbocycles. The van der Waals surface area contributed by atoms with Gasteiger partial charge in [0.2, 0.25) is 0 Å². The predicted octanol–water partition coefficient (Wildman–Crippen LogP) is 7.61. The van der Waals surface area contributed by atoms with Crippen LogP contribution < -0.4 is 10.2 Å². The van der Waals surface area contributed by atoms with E-state index in [4.69, 9.17) is 17.2 Å². The summed E-state index contributed by atoms with van der Waals surface area (Å²) in [6.07, 6.45) is 2.84. The van der Waals surface area contributed by atoms with Crippen LogP contribution >= 0.6 is 28.1 Å². The van der Waals surface area contributed by atoms with E-state index in [1.165, 1.54) is 39.3 Å². The molecule has 1 aliphatic heterocycles. The van der Waals surface area contributed by atoms with Gasteiger partial charge in [-0.3, -0.25) is 4.98 Å². The minimum absolute atomic E-state index is 0.0398. The van der Waals surface area contributed by atoms with E-state index in [2.05, 4.69) is 114 Å². The Hall–Kier alpha value is -2.96. The molecule has 2 atom stereocenters. The highest BCUT2D eigenvalue weighted by molar-refractivity contribution is 9.10. The van der Waals surface area contributed by atoms with Crippen LogP contribution in [-0.2, 0) is 6.42 Å². The third-order valence-corrected chi connectivity index (χ3v) is 8.44. The van der Waals surface area contributed by atoms with Crippen LogP contribution in [0.25, 0.3) is 5.69 Å². The number of pyridine rings is 1. The number of aromatic nitrogens is 2. The van der Waals surface area contributed by atoms with Crippen molar-refractivity contribution in [1.82, 2.24) is 14.9 Å². The van der Waals surface area contributed by atoms with E-state index in [1.807, 2.05) is 18.3 Å². The van der Waals surface area contributed by atoms with Crippen molar-refractivity contribution in [2.24, 2.45) is 0 Å². The summed E-state index contributed by atoms with van der Waals surface area (Å²) >= 11 is 9.61. The van der Waals surface area contributed by atoms with Gasteiger partial charge in [-0.05, 0) is 105 Å². The van der Waals surface area contributed by atoms with Gasteiger partial charge in [0, 0.05) is 27.7 Å². The molecule has 0 bridgehead atoms. The minimum atomic E-state index is -0.0703. The van der Waals surface area contributed by atoms with Gasteiger partial charge in [0.25, 0.3) is 0 Å². The van der Waals surface area contributed by atoms with Gasteiger partial charge in [0.15, 0.2) is 5.11 Å². The molecule has 1 fully saturated rings. The van der Waals surface area contributed by atoms with Crippen LogP contribution in [0.3, 0.4) is 0 Å². The standard InChI is InChI=1S/C30H31BrN4S/c1-6-22-11-9-10-18(2)28(22)34-20(4)17-24(21(34)5)29-27(26-12-7-8-15-32-26)33-30(36)35(29)23-13-14-25(31)19(3)16-23/h7-17,27,29H,6H2,1-5H3,(H,33,36)/t27-,29+/m1/s1. The lowest BCUT2D eigenvalue weighted by atomic mass is 9.96. The second-order valence-corrected chi connectivity index (χ2v) is 10.8. The van der Waals surface area contributed by atoms with Gasteiger partial charge < -0.3 is 14.8 Å². The van der Waals surface area contributed by atoms with Crippen molar-refractivity contribution in [3.05, 3.63) is 111 Å². The molecular formula is C30H31BrN4S. The molecule has 0 saturated carbocycles. The molecule has 4 nitrogen and oxygen atoms in total. The summed E-state index contributed by atoms with van der Waals surface area (Å²) in [7, 11) is 0. The Balaban J connectivity index is 1.72. The lowest BCUT2D eigenvalue weighted by molar-refractivity contribution is 0.565. The number of halogens is 1. The van der Waals surface area contributed by atoms with Crippen molar-refractivity contribution < 1.29 is 0 Å². The van der Waals surface area contributed by atoms with Gasteiger partial charge >= 0.3 is 0 Å². The zero-order valence-corrected chi connectivity index (χ0v) is 23.7. The van der Waals surface area contributed by atoms with Crippen LogP contribution in [-0.4, -0.2) is 14.7 Å². The Labute approximate surface area is 227 Å². The van der Waals surface area contributed by atoms with Crippen LogP contribution in [0.15, 0.2) is 71.3 Å². The number of nitrogens with one attached hydrogen (secondary N) is 1. The fourth-order valence-electron chi connectivity index (χ4n) is 5.48. The quantitative estimate of drug-likeness (QED) is 0.255. The molecule has 0 unspecified atom stereocenters. The summed E-state index contributed by atoms with van der Waals surface area (Å²) in [5.74, 6) is 0. The van der Waals surface area contributed by atoms with Crippen molar-refractivity contribution in [1.29, 1.82) is 0 Å². The van der Waals surface area contributed by atoms with Gasteiger partial charge in [0.1, 0.15) is 0 Å². The van der Waals surface area contributed by atoms with Gasteiger partial charge in [-0.25, -0.2) is 0 Å². The summed E-state index contributed by atoms with van der Waals surface area (Å²) in [5, 5.41) is 4.32. The van der Waals surface area contributed by atoms with Crippen LogP contribution in [0.2, 0.25) is 0 Å². The highest BCUT2D eigenvalue weighted by Gasteiger charge is 2.42. The van der Waals surface area contributed by atoms with Crippen molar-refractivity contribution in [3.63, 3.8) is 0 Å². The smallest absolute Gasteiger partial charge is 0.174 e. The fraction of sp³-hybridized carbons (Fsp3) is 0.267. The first kappa shape index (κ1) is 24.7. The van der Waals surface area contributed by atoms with E-state index in [9.17, 15) is 0 Å². The highest BCUT2D eigenvalue weighted by atomic mass is 79.9. The van der Waals surface area contributed by atoms with Crippen molar-refractivity contribution in [3.8, 4) is 5.69 Å². The SMILES string of the molecule is CCc1cccc(C)c1-n1c(C)cc([C@H]2[C@@H](c3ccccn3)NC(=S)N2c2ccc(Br)c(C)c2)c1C. The number of rotatable bonds is 5. The first-order valence-electron chi connectivity index (χ1n) is 12.4. The zero-order valence-electron chi connectivity index (χ0n) is 21.3. The van der Waals surface area contributed by atoms with Gasteiger partial charge in [-0.1, -0.05) is 47.1 Å². The summed E-state index contributed by atoms with van der Waals surface area (Å²) < 4.78 is 3.51. The van der Waals surface area contributed by atoms with Crippen molar-refractivity contribution >= 4 is 38.9 Å². The molecule has 0 spiro atoms. The topological polar surface area (TPSA) is 33.1 Å². The number of aryl methyl sites for hydroxylation is 4. The Morgan fingerprint density at radius 2 is 1.78 bits per heavy atom. The molecule has 36 heavy (non-hydrogen) atoms. The molecular weight excluding hydrogens is 528 g/mol. The highest BCUT2D eigenvalue weighted by Crippen LogP contribution is 2.44. The largest absolute Gasteiger partial charge is 0.351 e. The van der Waals surface area contributed by atoms with Crippen molar-refractivity contribution in [2.45, 2.75) is 53.1 Å². The monoisotopic (exact) mass is 558 g/mol. The number of hydrogen-bond acceptors (Lipinski definition) is 2. The first-order chi connectivity index (χ1) is 17.3. The Kier molecular flexibility index (Phi) is 6.75. The third kappa shape index (κ3) is 4.16. The van der Waals surface area contributed by atoms with E-state index in [0.717, 1.165) is 22.3 Å². The normalized spacial score (nSPS) is 17.5. The molecule has 6 heteroatoms. The van der Waals surface area contributed by atoms with E-state index in [0.29, 0.717) is 5.11 Å². The molecule has 4 aromatic rings. The summed E-state index contributed by atoms with van der Waals surface area (Å²) in [6, 6.07) is 21.3.